The molecule has 0 aliphatic heterocycles. The molecule has 2 aromatic carbocycles. The summed E-state index contributed by atoms with van der Waals surface area (Å²) in [4.78, 5) is 37.4. The zero-order valence-electron chi connectivity index (χ0n) is 17.4. The fourth-order valence-corrected chi connectivity index (χ4v) is 3.02. The molecule has 30 heavy (non-hydrogen) atoms. The first-order valence-corrected chi connectivity index (χ1v) is 9.61. The summed E-state index contributed by atoms with van der Waals surface area (Å²) in [6.07, 6.45) is 0. The topological polar surface area (TPSA) is 93.1 Å². The number of hydrogen-bond acceptors (Lipinski definition) is 4. The molecular formula is C23H24N4O3. The molecule has 0 fully saturated rings. The van der Waals surface area contributed by atoms with Crippen LogP contribution in [0.5, 0.6) is 0 Å². The van der Waals surface area contributed by atoms with Crippen molar-refractivity contribution in [1.29, 1.82) is 0 Å². The average Bonchev–Trinajstić information content (AvgIpc) is 2.72. The third kappa shape index (κ3) is 4.63. The molecule has 3 rings (SSSR count). The first-order valence-electron chi connectivity index (χ1n) is 9.61. The summed E-state index contributed by atoms with van der Waals surface area (Å²) in [6, 6.07) is 15.6. The van der Waals surface area contributed by atoms with Gasteiger partial charge in [-0.3, -0.25) is 14.4 Å². The highest BCUT2D eigenvalue weighted by Gasteiger charge is 2.21. The SMILES string of the molecule is CC(=O)Nc1cc(-c2ccccc2)nn([C@@H](C)C(=O)Nc2cc(C)ccc2C)c1=O. The van der Waals surface area contributed by atoms with Crippen molar-refractivity contribution >= 4 is 23.2 Å². The summed E-state index contributed by atoms with van der Waals surface area (Å²) < 4.78 is 1.11. The lowest BCUT2D eigenvalue weighted by Gasteiger charge is -2.18. The number of carbonyl (C=O) groups is 2. The number of aryl methyl sites for hydroxylation is 2. The van der Waals surface area contributed by atoms with E-state index in [1.165, 1.54) is 13.0 Å². The Hall–Kier alpha value is -3.74. The molecule has 0 unspecified atom stereocenters. The minimum absolute atomic E-state index is 0.0720. The second-order valence-electron chi connectivity index (χ2n) is 7.22. The molecule has 0 aliphatic rings. The molecule has 0 radical (unpaired) electrons. The molecule has 7 heteroatoms. The van der Waals surface area contributed by atoms with Crippen LogP contribution >= 0.6 is 0 Å². The van der Waals surface area contributed by atoms with Crippen molar-refractivity contribution in [2.75, 3.05) is 10.6 Å². The summed E-state index contributed by atoms with van der Waals surface area (Å²) in [5, 5.41) is 9.81. The quantitative estimate of drug-likeness (QED) is 0.678. The van der Waals surface area contributed by atoms with Crippen molar-refractivity contribution in [3.05, 3.63) is 76.1 Å². The van der Waals surface area contributed by atoms with E-state index in [1.807, 2.05) is 62.4 Å². The number of anilines is 2. The van der Waals surface area contributed by atoms with Gasteiger partial charge in [-0.05, 0) is 44.0 Å². The van der Waals surface area contributed by atoms with Crippen LogP contribution in [0.4, 0.5) is 11.4 Å². The Kier molecular flexibility index (Phi) is 6.11. The first kappa shape index (κ1) is 21.0. The van der Waals surface area contributed by atoms with E-state index in [1.54, 1.807) is 6.92 Å². The second kappa shape index (κ2) is 8.73. The second-order valence-corrected chi connectivity index (χ2v) is 7.22. The van der Waals surface area contributed by atoms with Crippen LogP contribution in [0.2, 0.25) is 0 Å². The predicted octanol–water partition coefficient (Wildman–Crippen LogP) is 3.69. The number of benzene rings is 2. The van der Waals surface area contributed by atoms with E-state index in [4.69, 9.17) is 0 Å². The van der Waals surface area contributed by atoms with Crippen molar-refractivity contribution in [3.8, 4) is 11.3 Å². The number of amides is 2. The van der Waals surface area contributed by atoms with Gasteiger partial charge < -0.3 is 10.6 Å². The van der Waals surface area contributed by atoms with Gasteiger partial charge in [0.15, 0.2) is 0 Å². The smallest absolute Gasteiger partial charge is 0.291 e. The number of rotatable bonds is 5. The summed E-state index contributed by atoms with van der Waals surface area (Å²) >= 11 is 0. The molecule has 0 spiro atoms. The Bertz CT molecular complexity index is 1150. The highest BCUT2D eigenvalue weighted by Crippen LogP contribution is 2.21. The van der Waals surface area contributed by atoms with Crippen LogP contribution in [0.1, 0.15) is 31.0 Å². The number of carbonyl (C=O) groups excluding carboxylic acids is 2. The van der Waals surface area contributed by atoms with E-state index in [0.717, 1.165) is 21.4 Å². The van der Waals surface area contributed by atoms with E-state index in [9.17, 15) is 14.4 Å². The van der Waals surface area contributed by atoms with Gasteiger partial charge in [-0.15, -0.1) is 0 Å². The van der Waals surface area contributed by atoms with Crippen LogP contribution in [0.15, 0.2) is 59.4 Å². The van der Waals surface area contributed by atoms with Gasteiger partial charge in [-0.25, -0.2) is 4.68 Å². The zero-order valence-corrected chi connectivity index (χ0v) is 17.4. The highest BCUT2D eigenvalue weighted by molar-refractivity contribution is 5.94. The lowest BCUT2D eigenvalue weighted by Crippen LogP contribution is -2.35. The minimum atomic E-state index is -0.895. The molecule has 3 aromatic rings. The van der Waals surface area contributed by atoms with Crippen LogP contribution < -0.4 is 16.2 Å². The van der Waals surface area contributed by atoms with Crippen molar-refractivity contribution in [1.82, 2.24) is 9.78 Å². The number of hydrogen-bond donors (Lipinski definition) is 2. The van der Waals surface area contributed by atoms with Gasteiger partial charge in [-0.2, -0.15) is 5.10 Å². The van der Waals surface area contributed by atoms with Gasteiger partial charge in [0.1, 0.15) is 11.7 Å². The Balaban J connectivity index is 2.02. The van der Waals surface area contributed by atoms with Crippen LogP contribution in [-0.2, 0) is 9.59 Å². The van der Waals surface area contributed by atoms with Crippen molar-refractivity contribution in [3.63, 3.8) is 0 Å². The molecule has 0 saturated heterocycles. The summed E-state index contributed by atoms with van der Waals surface area (Å²) in [5.74, 6) is -0.756. The molecule has 154 valence electrons. The molecule has 2 amide bonds. The standard InChI is InChI=1S/C23H24N4O3/c1-14-10-11-15(2)19(12-14)25-22(29)16(3)27-23(30)21(24-17(4)28)13-20(26-27)18-8-6-5-7-9-18/h5-13,16H,1-4H3,(H,24,28)(H,25,29)/t16-/m0/s1. The molecule has 1 atom stereocenters. The van der Waals surface area contributed by atoms with Crippen molar-refractivity contribution in [2.24, 2.45) is 0 Å². The lowest BCUT2D eigenvalue weighted by molar-refractivity contribution is -0.119. The molecule has 0 bridgehead atoms. The highest BCUT2D eigenvalue weighted by atomic mass is 16.2. The summed E-state index contributed by atoms with van der Waals surface area (Å²) in [5.41, 5.74) is 3.37. The maximum atomic E-state index is 12.9. The van der Waals surface area contributed by atoms with Gasteiger partial charge in [0, 0.05) is 18.2 Å². The van der Waals surface area contributed by atoms with E-state index < -0.39 is 11.6 Å². The summed E-state index contributed by atoms with van der Waals surface area (Å²) in [6.45, 7) is 6.76. The van der Waals surface area contributed by atoms with Crippen LogP contribution in [0.25, 0.3) is 11.3 Å². The fourth-order valence-electron chi connectivity index (χ4n) is 3.02. The monoisotopic (exact) mass is 404 g/mol. The van der Waals surface area contributed by atoms with Crippen molar-refractivity contribution < 1.29 is 9.59 Å². The summed E-state index contributed by atoms with van der Waals surface area (Å²) in [7, 11) is 0. The van der Waals surface area contributed by atoms with Gasteiger partial charge in [-0.1, -0.05) is 42.5 Å². The third-order valence-corrected chi connectivity index (χ3v) is 4.71. The van der Waals surface area contributed by atoms with Crippen LogP contribution in [0.3, 0.4) is 0 Å². The molecule has 0 aliphatic carbocycles. The maximum absolute atomic E-state index is 12.9. The Morgan fingerprint density at radius 2 is 1.67 bits per heavy atom. The van der Waals surface area contributed by atoms with Crippen molar-refractivity contribution in [2.45, 2.75) is 33.7 Å². The van der Waals surface area contributed by atoms with Crippen LogP contribution in [0, 0.1) is 13.8 Å². The van der Waals surface area contributed by atoms with Gasteiger partial charge in [0.2, 0.25) is 11.8 Å². The molecule has 0 saturated carbocycles. The number of nitrogens with zero attached hydrogens (tertiary/aromatic N) is 2. The molecule has 1 heterocycles. The number of aromatic nitrogens is 2. The largest absolute Gasteiger partial charge is 0.324 e. The van der Waals surface area contributed by atoms with E-state index in [2.05, 4.69) is 15.7 Å². The van der Waals surface area contributed by atoms with Gasteiger partial charge >= 0.3 is 0 Å². The Labute approximate surface area is 174 Å². The Morgan fingerprint density at radius 3 is 2.33 bits per heavy atom. The fraction of sp³-hybridized carbons (Fsp3) is 0.217. The lowest BCUT2D eigenvalue weighted by atomic mass is 10.1. The van der Waals surface area contributed by atoms with E-state index in [-0.39, 0.29) is 17.5 Å². The molecule has 1 aromatic heterocycles. The zero-order chi connectivity index (χ0) is 21.8. The van der Waals surface area contributed by atoms with E-state index >= 15 is 0 Å². The number of nitrogens with one attached hydrogen (secondary N) is 2. The molecule has 2 N–H and O–H groups in total. The molecular weight excluding hydrogens is 380 g/mol. The first-order chi connectivity index (χ1) is 14.3. The Morgan fingerprint density at radius 1 is 0.967 bits per heavy atom. The third-order valence-electron chi connectivity index (χ3n) is 4.71. The van der Waals surface area contributed by atoms with E-state index in [0.29, 0.717) is 11.4 Å². The normalized spacial score (nSPS) is 11.6. The average molecular weight is 404 g/mol. The van der Waals surface area contributed by atoms with Gasteiger partial charge in [0.05, 0.1) is 5.69 Å². The predicted molar refractivity (Wildman–Crippen MR) is 117 cm³/mol. The minimum Gasteiger partial charge on any atom is -0.324 e. The maximum Gasteiger partial charge on any atom is 0.291 e. The molecule has 7 nitrogen and oxygen atoms in total. The van der Waals surface area contributed by atoms with Gasteiger partial charge in [0.25, 0.3) is 5.56 Å². The van der Waals surface area contributed by atoms with Crippen LogP contribution in [-0.4, -0.2) is 21.6 Å².